The minimum Gasteiger partial charge on any atom is -0.400 e. The zero-order valence-electron chi connectivity index (χ0n) is 16.6. The second-order valence-corrected chi connectivity index (χ2v) is 8.96. The molecule has 152 valence electrons. The number of nitrogens with zero attached hydrogens (tertiary/aromatic N) is 2. The first-order valence-electron chi connectivity index (χ1n) is 10.1. The predicted molar refractivity (Wildman–Crippen MR) is 110 cm³/mol. The van der Waals surface area contributed by atoms with Crippen LogP contribution in [-0.4, -0.2) is 53.9 Å². The van der Waals surface area contributed by atoms with Crippen LogP contribution in [-0.2, 0) is 23.2 Å². The fourth-order valence-electron chi connectivity index (χ4n) is 4.07. The van der Waals surface area contributed by atoms with E-state index in [1.807, 2.05) is 18.3 Å². The van der Waals surface area contributed by atoms with Gasteiger partial charge in [0, 0.05) is 47.7 Å². The zero-order valence-corrected chi connectivity index (χ0v) is 17.4. The number of ether oxygens (including phenoxy) is 1. The van der Waals surface area contributed by atoms with Crippen molar-refractivity contribution >= 4 is 11.3 Å². The van der Waals surface area contributed by atoms with E-state index in [4.69, 9.17) is 16.3 Å². The highest BCUT2D eigenvalue weighted by molar-refractivity contribution is 7.12. The number of thiophene rings is 1. The Bertz CT molecular complexity index is 652. The van der Waals surface area contributed by atoms with Crippen LogP contribution in [0.2, 0.25) is 0 Å². The largest absolute Gasteiger partial charge is 0.400 e. The number of hydrogen-bond donors (Lipinski definition) is 3. The third kappa shape index (κ3) is 4.84. The van der Waals surface area contributed by atoms with Gasteiger partial charge in [-0.05, 0) is 37.3 Å². The Kier molecular flexibility index (Phi) is 6.81. The van der Waals surface area contributed by atoms with Gasteiger partial charge in [-0.15, -0.1) is 11.3 Å². The smallest absolute Gasteiger partial charge is 0.0966 e. The van der Waals surface area contributed by atoms with Crippen molar-refractivity contribution in [2.75, 3.05) is 32.8 Å². The molecule has 2 aliphatic rings. The van der Waals surface area contributed by atoms with Gasteiger partial charge in [0.25, 0.3) is 0 Å². The molecule has 0 aromatic carbocycles. The number of piperidine rings is 1. The molecule has 3 rings (SSSR count). The van der Waals surface area contributed by atoms with Crippen LogP contribution in [0.5, 0.6) is 0 Å². The van der Waals surface area contributed by atoms with Gasteiger partial charge in [-0.25, -0.2) is 5.84 Å². The molecule has 6 nitrogen and oxygen atoms in total. The first kappa shape index (κ1) is 20.6. The van der Waals surface area contributed by atoms with Crippen LogP contribution in [0.15, 0.2) is 18.0 Å². The number of aliphatic hydroxyl groups is 1. The minimum absolute atomic E-state index is 0.0996. The third-order valence-electron chi connectivity index (χ3n) is 5.70. The molecule has 0 radical (unpaired) electrons. The molecule has 27 heavy (non-hydrogen) atoms. The van der Waals surface area contributed by atoms with Gasteiger partial charge in [-0.1, -0.05) is 13.8 Å². The van der Waals surface area contributed by atoms with E-state index in [1.54, 1.807) is 6.20 Å². The van der Waals surface area contributed by atoms with Crippen LogP contribution in [0.1, 0.15) is 48.4 Å². The predicted octanol–water partition coefficient (Wildman–Crippen LogP) is 1.92. The summed E-state index contributed by atoms with van der Waals surface area (Å²) in [6, 6.07) is 2.38. The molecule has 1 saturated heterocycles. The summed E-state index contributed by atoms with van der Waals surface area (Å²) in [5.41, 5.74) is 8.25. The maximum Gasteiger partial charge on any atom is 0.0966 e. The topological polar surface area (TPSA) is 88.0 Å². The average Bonchev–Trinajstić information content (AvgIpc) is 3.08. The van der Waals surface area contributed by atoms with Crippen LogP contribution in [0, 0.1) is 0 Å². The number of fused-ring (bicyclic) bond motifs is 2. The third-order valence-corrected chi connectivity index (χ3v) is 7.04. The first-order chi connectivity index (χ1) is 13.0. The molecule has 1 aromatic heterocycles. The maximum atomic E-state index is 9.69. The zero-order chi connectivity index (χ0) is 19.4. The summed E-state index contributed by atoms with van der Waals surface area (Å²) < 4.78 is 6.34. The molecule has 1 fully saturated rings. The fourth-order valence-corrected chi connectivity index (χ4v) is 5.25. The molecule has 0 bridgehead atoms. The van der Waals surface area contributed by atoms with Crippen molar-refractivity contribution in [1.82, 2.24) is 9.91 Å². The quantitative estimate of drug-likeness (QED) is 0.484. The lowest BCUT2D eigenvalue weighted by atomic mass is 9.82. The second-order valence-electron chi connectivity index (χ2n) is 7.73. The molecule has 2 aliphatic heterocycles. The van der Waals surface area contributed by atoms with E-state index >= 15 is 0 Å². The molecule has 1 unspecified atom stereocenters. The lowest BCUT2D eigenvalue weighted by Crippen LogP contribution is -2.47. The minimum atomic E-state index is -0.426. The van der Waals surface area contributed by atoms with Gasteiger partial charge in [0.2, 0.25) is 0 Å². The van der Waals surface area contributed by atoms with Gasteiger partial charge >= 0.3 is 0 Å². The van der Waals surface area contributed by atoms with Gasteiger partial charge in [-0.3, -0.25) is 4.90 Å². The maximum absolute atomic E-state index is 9.69. The van der Waals surface area contributed by atoms with Crippen LogP contribution in [0.25, 0.3) is 0 Å². The number of hydrazine groups is 1. The van der Waals surface area contributed by atoms with E-state index in [0.29, 0.717) is 19.5 Å². The second kappa shape index (κ2) is 8.92. The molecule has 7 heteroatoms. The molecular formula is C20H34N4O2S. The van der Waals surface area contributed by atoms with E-state index < -0.39 is 6.10 Å². The van der Waals surface area contributed by atoms with Crippen molar-refractivity contribution in [3.05, 3.63) is 33.3 Å². The Balaban J connectivity index is 1.57. The molecule has 1 atom stereocenters. The Morgan fingerprint density at radius 3 is 2.85 bits per heavy atom. The molecule has 3 heterocycles. The van der Waals surface area contributed by atoms with Crippen LogP contribution >= 0.6 is 11.3 Å². The summed E-state index contributed by atoms with van der Waals surface area (Å²) in [5, 5.41) is 11.2. The van der Waals surface area contributed by atoms with E-state index in [9.17, 15) is 5.11 Å². The first-order valence-corrected chi connectivity index (χ1v) is 10.9. The van der Waals surface area contributed by atoms with Gasteiger partial charge < -0.3 is 20.6 Å². The van der Waals surface area contributed by atoms with Gasteiger partial charge in [-0.2, -0.15) is 0 Å². The van der Waals surface area contributed by atoms with E-state index in [0.717, 1.165) is 51.1 Å². The Morgan fingerprint density at radius 2 is 2.19 bits per heavy atom. The normalized spacial score (nSPS) is 21.3. The average molecular weight is 395 g/mol. The van der Waals surface area contributed by atoms with Crippen molar-refractivity contribution in [1.29, 1.82) is 0 Å². The SMILES string of the molecule is CCc1cc2c(s1)CCOC21CCN(C/C(N)=C/N(N)CC(O)CC)CC1. The van der Waals surface area contributed by atoms with E-state index in [1.165, 1.54) is 20.3 Å². The lowest BCUT2D eigenvalue weighted by Gasteiger charge is -2.44. The van der Waals surface area contributed by atoms with Crippen molar-refractivity contribution in [3.8, 4) is 0 Å². The summed E-state index contributed by atoms with van der Waals surface area (Å²) >= 11 is 1.97. The molecule has 1 spiro atoms. The van der Waals surface area contributed by atoms with Crippen molar-refractivity contribution in [2.24, 2.45) is 11.6 Å². The highest BCUT2D eigenvalue weighted by atomic mass is 32.1. The van der Waals surface area contributed by atoms with Crippen molar-refractivity contribution in [3.63, 3.8) is 0 Å². The highest BCUT2D eigenvalue weighted by Crippen LogP contribution is 2.44. The fraction of sp³-hybridized carbons (Fsp3) is 0.700. The lowest BCUT2D eigenvalue weighted by molar-refractivity contribution is -0.0961. The molecular weight excluding hydrogens is 360 g/mol. The standard InChI is InChI=1S/C20H34N4O2S/c1-3-16(25)14-24(22)13-15(21)12-23-8-6-20(7-9-23)18-11-17(4-2)27-19(18)5-10-26-20/h11,13,16,25H,3-10,12,14,21-22H2,1-2H3/b15-13-. The van der Waals surface area contributed by atoms with Crippen molar-refractivity contribution < 1.29 is 9.84 Å². The number of likely N-dealkylation sites (tertiary alicyclic amines) is 1. The van der Waals surface area contributed by atoms with Gasteiger partial charge in [0.1, 0.15) is 0 Å². The number of aryl methyl sites for hydroxylation is 1. The van der Waals surface area contributed by atoms with Crippen molar-refractivity contribution in [2.45, 2.75) is 57.7 Å². The van der Waals surface area contributed by atoms with Gasteiger partial charge in [0.05, 0.1) is 24.9 Å². The van der Waals surface area contributed by atoms with Crippen LogP contribution < -0.4 is 11.6 Å². The number of aliphatic hydroxyl groups excluding tert-OH is 1. The molecule has 1 aromatic rings. The Morgan fingerprint density at radius 1 is 1.44 bits per heavy atom. The highest BCUT2D eigenvalue weighted by Gasteiger charge is 2.41. The van der Waals surface area contributed by atoms with E-state index in [2.05, 4.69) is 17.9 Å². The number of hydrogen-bond acceptors (Lipinski definition) is 7. The molecule has 0 aliphatic carbocycles. The monoisotopic (exact) mass is 394 g/mol. The summed E-state index contributed by atoms with van der Waals surface area (Å²) in [7, 11) is 0. The summed E-state index contributed by atoms with van der Waals surface area (Å²) in [4.78, 5) is 5.36. The summed E-state index contributed by atoms with van der Waals surface area (Å²) in [6.45, 7) is 8.02. The summed E-state index contributed by atoms with van der Waals surface area (Å²) in [5.74, 6) is 5.92. The van der Waals surface area contributed by atoms with E-state index in [-0.39, 0.29) is 5.60 Å². The van der Waals surface area contributed by atoms with Crippen LogP contribution in [0.4, 0.5) is 0 Å². The number of rotatable bonds is 7. The van der Waals surface area contributed by atoms with Gasteiger partial charge in [0.15, 0.2) is 0 Å². The number of nitrogens with two attached hydrogens (primary N) is 2. The Labute approximate surface area is 166 Å². The Hall–Kier alpha value is -1.12. The molecule has 0 amide bonds. The van der Waals surface area contributed by atoms with Crippen LogP contribution in [0.3, 0.4) is 0 Å². The summed E-state index contributed by atoms with van der Waals surface area (Å²) in [6.07, 6.45) is 6.17. The molecule has 0 saturated carbocycles. The molecule has 5 N–H and O–H groups in total.